The van der Waals surface area contributed by atoms with Gasteiger partial charge in [-0.15, -0.1) is 11.3 Å². The summed E-state index contributed by atoms with van der Waals surface area (Å²) >= 11 is 1.92. The lowest BCUT2D eigenvalue weighted by molar-refractivity contribution is 0.0702. The van der Waals surface area contributed by atoms with E-state index in [1.165, 1.54) is 23.5 Å². The van der Waals surface area contributed by atoms with Gasteiger partial charge in [0, 0.05) is 0 Å². The van der Waals surface area contributed by atoms with Crippen LogP contribution in [0.2, 0.25) is 0 Å². The van der Waals surface area contributed by atoms with Gasteiger partial charge in [0.25, 0.3) is 10.0 Å². The molecule has 2 N–H and O–H groups in total. The van der Waals surface area contributed by atoms with Gasteiger partial charge >= 0.3 is 5.97 Å². The Labute approximate surface area is 127 Å². The van der Waals surface area contributed by atoms with Gasteiger partial charge < -0.3 is 5.11 Å². The van der Waals surface area contributed by atoms with Crippen LogP contribution in [0, 0.1) is 0 Å². The molecule has 0 aliphatic heterocycles. The number of hydrogen-bond donors (Lipinski definition) is 2. The molecule has 0 radical (unpaired) electrons. The molecule has 0 saturated heterocycles. The summed E-state index contributed by atoms with van der Waals surface area (Å²) in [6.45, 7) is 0. The lowest BCUT2D eigenvalue weighted by Crippen LogP contribution is -2.11. The highest BCUT2D eigenvalue weighted by molar-refractivity contribution is 7.94. The predicted octanol–water partition coefficient (Wildman–Crippen LogP) is 2.86. The van der Waals surface area contributed by atoms with Crippen LogP contribution in [0.5, 0.6) is 0 Å². The van der Waals surface area contributed by atoms with Gasteiger partial charge in [-0.05, 0) is 24.3 Å². The number of aromatic nitrogens is 1. The van der Waals surface area contributed by atoms with E-state index in [4.69, 9.17) is 5.11 Å². The fourth-order valence-corrected chi connectivity index (χ4v) is 4.91. The molecule has 0 unspecified atom stereocenters. The van der Waals surface area contributed by atoms with E-state index < -0.39 is 16.0 Å². The first-order valence-corrected chi connectivity index (χ1v) is 8.79. The second-order valence-corrected chi connectivity index (χ2v) is 8.04. The quantitative estimate of drug-likeness (QED) is 0.761. The normalized spacial score (nSPS) is 11.6. The highest BCUT2D eigenvalue weighted by Crippen LogP contribution is 2.29. The Bertz CT molecular complexity index is 894. The number of nitrogens with one attached hydrogen (secondary N) is 1. The predicted molar refractivity (Wildman–Crippen MR) is 81.7 cm³/mol. The number of anilines is 1. The number of thiophene rings is 1. The number of carboxylic acids is 1. The Hall–Kier alpha value is -1.97. The van der Waals surface area contributed by atoms with Crippen molar-refractivity contribution in [3.8, 4) is 0 Å². The number of nitrogens with zero attached hydrogens (tertiary/aromatic N) is 1. The Morgan fingerprint density at radius 1 is 1.14 bits per heavy atom. The zero-order valence-electron chi connectivity index (χ0n) is 10.3. The number of aromatic carboxylic acids is 1. The van der Waals surface area contributed by atoms with Crippen LogP contribution in [0.1, 0.15) is 9.67 Å². The first-order valence-electron chi connectivity index (χ1n) is 5.67. The van der Waals surface area contributed by atoms with E-state index in [2.05, 4.69) is 9.71 Å². The van der Waals surface area contributed by atoms with Gasteiger partial charge in [0.15, 0.2) is 5.13 Å². The minimum absolute atomic E-state index is 0.0281. The lowest BCUT2D eigenvalue weighted by atomic mass is 10.3. The number of rotatable bonds is 4. The number of carboxylic acid groups (broad SMARTS) is 1. The zero-order chi connectivity index (χ0) is 15.0. The van der Waals surface area contributed by atoms with Crippen LogP contribution in [0.4, 0.5) is 5.13 Å². The van der Waals surface area contributed by atoms with E-state index >= 15 is 0 Å². The van der Waals surface area contributed by atoms with Crippen LogP contribution >= 0.6 is 22.7 Å². The van der Waals surface area contributed by atoms with Crippen LogP contribution in [0.3, 0.4) is 0 Å². The topological polar surface area (TPSA) is 96.4 Å². The van der Waals surface area contributed by atoms with Crippen molar-refractivity contribution in [1.82, 2.24) is 4.98 Å². The minimum atomic E-state index is -3.82. The molecule has 0 aliphatic rings. The number of benzene rings is 1. The van der Waals surface area contributed by atoms with Gasteiger partial charge in [0.05, 0.1) is 10.2 Å². The Kier molecular flexibility index (Phi) is 3.40. The number of fused-ring (bicyclic) bond motifs is 1. The molecule has 9 heteroatoms. The molecule has 0 atom stereocenters. The molecule has 0 spiro atoms. The van der Waals surface area contributed by atoms with Crippen LogP contribution in [0.15, 0.2) is 40.6 Å². The molecule has 3 aromatic rings. The van der Waals surface area contributed by atoms with Crippen molar-refractivity contribution in [2.75, 3.05) is 4.72 Å². The summed E-state index contributed by atoms with van der Waals surface area (Å²) in [7, 11) is -3.82. The fourth-order valence-electron chi connectivity index (χ4n) is 1.66. The van der Waals surface area contributed by atoms with Crippen molar-refractivity contribution in [2.24, 2.45) is 0 Å². The maximum Gasteiger partial charge on any atom is 0.345 e. The summed E-state index contributed by atoms with van der Waals surface area (Å²) in [5, 5.41) is 9.09. The first-order chi connectivity index (χ1) is 9.95. The van der Waals surface area contributed by atoms with Gasteiger partial charge in [-0.2, -0.15) is 0 Å². The van der Waals surface area contributed by atoms with Crippen LogP contribution < -0.4 is 4.72 Å². The summed E-state index contributed by atoms with van der Waals surface area (Å²) in [6, 6.07) is 9.83. The summed E-state index contributed by atoms with van der Waals surface area (Å²) in [4.78, 5) is 15.0. The van der Waals surface area contributed by atoms with Crippen LogP contribution in [-0.2, 0) is 10.0 Å². The number of sulfonamides is 1. The van der Waals surface area contributed by atoms with E-state index in [1.807, 2.05) is 18.2 Å². The van der Waals surface area contributed by atoms with E-state index in [9.17, 15) is 13.2 Å². The van der Waals surface area contributed by atoms with E-state index in [0.29, 0.717) is 16.9 Å². The van der Waals surface area contributed by atoms with Gasteiger partial charge in [-0.25, -0.2) is 18.2 Å². The van der Waals surface area contributed by atoms with Crippen molar-refractivity contribution in [2.45, 2.75) is 4.21 Å². The molecule has 2 heterocycles. The third kappa shape index (κ3) is 2.75. The standard InChI is InChI=1S/C12H8N2O4S3/c15-11(16)9-5-6-10(19-9)21(17,18)14-12-13-7-3-1-2-4-8(7)20-12/h1-6H,(H,13,14)(H,15,16). The molecular formula is C12H8N2O4S3. The minimum Gasteiger partial charge on any atom is -0.477 e. The average molecular weight is 340 g/mol. The molecule has 3 rings (SSSR count). The first kappa shape index (κ1) is 14.0. The Morgan fingerprint density at radius 2 is 1.90 bits per heavy atom. The van der Waals surface area contributed by atoms with E-state index in [1.54, 1.807) is 6.07 Å². The largest absolute Gasteiger partial charge is 0.477 e. The van der Waals surface area contributed by atoms with Crippen molar-refractivity contribution in [3.05, 3.63) is 41.3 Å². The monoisotopic (exact) mass is 340 g/mol. The Morgan fingerprint density at radius 3 is 2.57 bits per heavy atom. The van der Waals surface area contributed by atoms with Gasteiger partial charge in [-0.1, -0.05) is 23.5 Å². The third-order valence-electron chi connectivity index (χ3n) is 2.57. The summed E-state index contributed by atoms with van der Waals surface area (Å²) in [6.07, 6.45) is 0. The van der Waals surface area contributed by atoms with Crippen LogP contribution in [0.25, 0.3) is 10.2 Å². The summed E-state index contributed by atoms with van der Waals surface area (Å²) < 4.78 is 27.6. The van der Waals surface area contributed by atoms with Crippen molar-refractivity contribution in [3.63, 3.8) is 0 Å². The second-order valence-electron chi connectivity index (χ2n) is 4.02. The fraction of sp³-hybridized carbons (Fsp3) is 0. The van der Waals surface area contributed by atoms with Gasteiger partial charge in [-0.3, -0.25) is 4.72 Å². The Balaban J connectivity index is 1.93. The van der Waals surface area contributed by atoms with E-state index in [0.717, 1.165) is 4.70 Å². The van der Waals surface area contributed by atoms with Gasteiger partial charge in [0.2, 0.25) is 0 Å². The summed E-state index contributed by atoms with van der Waals surface area (Å²) in [5.74, 6) is -1.15. The molecule has 0 amide bonds. The molecule has 0 fully saturated rings. The van der Waals surface area contributed by atoms with Crippen molar-refractivity contribution >= 4 is 54.0 Å². The molecule has 21 heavy (non-hydrogen) atoms. The number of carbonyl (C=O) groups is 1. The van der Waals surface area contributed by atoms with Crippen LogP contribution in [-0.4, -0.2) is 24.5 Å². The third-order valence-corrected chi connectivity index (χ3v) is 6.56. The molecule has 0 saturated carbocycles. The zero-order valence-corrected chi connectivity index (χ0v) is 12.8. The number of thiazole rings is 1. The SMILES string of the molecule is O=C(O)c1ccc(S(=O)(=O)Nc2nc3ccccc3s2)s1. The molecule has 0 bridgehead atoms. The summed E-state index contributed by atoms with van der Waals surface area (Å²) in [5.41, 5.74) is 0.706. The maximum absolute atomic E-state index is 12.2. The lowest BCUT2D eigenvalue weighted by Gasteiger charge is -2.01. The highest BCUT2D eigenvalue weighted by atomic mass is 32.2. The molecule has 6 nitrogen and oxygen atoms in total. The molecule has 108 valence electrons. The van der Waals surface area contributed by atoms with E-state index in [-0.39, 0.29) is 14.2 Å². The molecule has 1 aromatic carbocycles. The second kappa shape index (κ2) is 5.10. The molecule has 0 aliphatic carbocycles. The number of hydrogen-bond acceptors (Lipinski definition) is 6. The maximum atomic E-state index is 12.2. The van der Waals surface area contributed by atoms with Crippen molar-refractivity contribution < 1.29 is 18.3 Å². The average Bonchev–Trinajstić information content (AvgIpc) is 3.04. The highest BCUT2D eigenvalue weighted by Gasteiger charge is 2.20. The molecular weight excluding hydrogens is 332 g/mol. The smallest absolute Gasteiger partial charge is 0.345 e. The molecule has 2 aromatic heterocycles. The number of para-hydroxylation sites is 1. The van der Waals surface area contributed by atoms with Gasteiger partial charge in [0.1, 0.15) is 9.09 Å². The van der Waals surface area contributed by atoms with Crippen molar-refractivity contribution in [1.29, 1.82) is 0 Å².